The van der Waals surface area contributed by atoms with Gasteiger partial charge in [0.1, 0.15) is 0 Å². The SMILES string of the molecule is C1=CN(Cc2ccccc2)CC=C1CNCc1ccccc1. The molecule has 1 aliphatic heterocycles. The Morgan fingerprint density at radius 3 is 2.14 bits per heavy atom. The topological polar surface area (TPSA) is 15.3 Å². The molecule has 0 spiro atoms. The zero-order valence-electron chi connectivity index (χ0n) is 12.8. The van der Waals surface area contributed by atoms with Crippen molar-refractivity contribution in [2.24, 2.45) is 0 Å². The van der Waals surface area contributed by atoms with Crippen LogP contribution in [0.5, 0.6) is 0 Å². The van der Waals surface area contributed by atoms with Crippen LogP contribution in [0.4, 0.5) is 0 Å². The molecule has 0 unspecified atom stereocenters. The van der Waals surface area contributed by atoms with E-state index >= 15 is 0 Å². The Labute approximate surface area is 132 Å². The van der Waals surface area contributed by atoms with Gasteiger partial charge in [0.2, 0.25) is 0 Å². The van der Waals surface area contributed by atoms with Crippen molar-refractivity contribution in [2.75, 3.05) is 13.1 Å². The summed E-state index contributed by atoms with van der Waals surface area (Å²) in [6.07, 6.45) is 6.72. The molecule has 0 aliphatic carbocycles. The van der Waals surface area contributed by atoms with Crippen molar-refractivity contribution in [1.82, 2.24) is 10.2 Å². The highest BCUT2D eigenvalue weighted by Crippen LogP contribution is 2.11. The number of benzene rings is 2. The number of hydrogen-bond donors (Lipinski definition) is 1. The summed E-state index contributed by atoms with van der Waals surface area (Å²) < 4.78 is 0. The highest BCUT2D eigenvalue weighted by molar-refractivity contribution is 5.25. The Morgan fingerprint density at radius 1 is 0.818 bits per heavy atom. The van der Waals surface area contributed by atoms with Crippen molar-refractivity contribution in [2.45, 2.75) is 13.1 Å². The van der Waals surface area contributed by atoms with E-state index in [9.17, 15) is 0 Å². The smallest absolute Gasteiger partial charge is 0.0427 e. The number of nitrogens with zero attached hydrogens (tertiary/aromatic N) is 1. The minimum Gasteiger partial charge on any atom is -0.369 e. The molecule has 0 atom stereocenters. The van der Waals surface area contributed by atoms with Gasteiger partial charge in [-0.15, -0.1) is 0 Å². The summed E-state index contributed by atoms with van der Waals surface area (Å²) in [5, 5.41) is 3.50. The average Bonchev–Trinajstić information content (AvgIpc) is 2.58. The van der Waals surface area contributed by atoms with Crippen LogP contribution in [0, 0.1) is 0 Å². The van der Waals surface area contributed by atoms with E-state index in [1.165, 1.54) is 16.7 Å². The molecular weight excluding hydrogens is 268 g/mol. The molecule has 22 heavy (non-hydrogen) atoms. The Balaban J connectivity index is 1.43. The van der Waals surface area contributed by atoms with Crippen LogP contribution in [0.25, 0.3) is 0 Å². The van der Waals surface area contributed by atoms with Crippen LogP contribution in [0.2, 0.25) is 0 Å². The monoisotopic (exact) mass is 290 g/mol. The molecule has 1 N–H and O–H groups in total. The van der Waals surface area contributed by atoms with Gasteiger partial charge in [0.25, 0.3) is 0 Å². The summed E-state index contributed by atoms with van der Waals surface area (Å²) in [6.45, 7) is 3.79. The molecule has 3 rings (SSSR count). The normalized spacial score (nSPS) is 14.0. The lowest BCUT2D eigenvalue weighted by atomic mass is 10.1. The molecule has 0 saturated carbocycles. The summed E-state index contributed by atoms with van der Waals surface area (Å²) in [5.74, 6) is 0. The van der Waals surface area contributed by atoms with Crippen LogP contribution in [0.3, 0.4) is 0 Å². The van der Waals surface area contributed by atoms with Crippen LogP contribution in [0.1, 0.15) is 11.1 Å². The van der Waals surface area contributed by atoms with Crippen molar-refractivity contribution < 1.29 is 0 Å². The molecule has 0 fully saturated rings. The van der Waals surface area contributed by atoms with Crippen molar-refractivity contribution in [1.29, 1.82) is 0 Å². The van der Waals surface area contributed by atoms with Crippen LogP contribution in [-0.4, -0.2) is 18.0 Å². The fourth-order valence-corrected chi connectivity index (χ4v) is 2.58. The van der Waals surface area contributed by atoms with Crippen LogP contribution >= 0.6 is 0 Å². The molecule has 1 heterocycles. The zero-order valence-corrected chi connectivity index (χ0v) is 12.8. The third kappa shape index (κ3) is 4.34. The molecule has 0 amide bonds. The maximum atomic E-state index is 3.50. The van der Waals surface area contributed by atoms with E-state index in [0.29, 0.717) is 0 Å². The summed E-state index contributed by atoms with van der Waals surface area (Å²) in [7, 11) is 0. The molecule has 0 radical (unpaired) electrons. The highest BCUT2D eigenvalue weighted by atomic mass is 15.1. The molecule has 2 aromatic rings. The van der Waals surface area contributed by atoms with Crippen LogP contribution in [-0.2, 0) is 13.1 Å². The van der Waals surface area contributed by atoms with Gasteiger partial charge >= 0.3 is 0 Å². The predicted octanol–water partition coefficient (Wildman–Crippen LogP) is 3.73. The summed E-state index contributed by atoms with van der Waals surface area (Å²) in [4.78, 5) is 2.33. The van der Waals surface area contributed by atoms with Gasteiger partial charge in [0.05, 0.1) is 0 Å². The Morgan fingerprint density at radius 2 is 1.50 bits per heavy atom. The fourth-order valence-electron chi connectivity index (χ4n) is 2.58. The minimum atomic E-state index is 0.916. The Bertz CT molecular complexity index is 629. The van der Waals surface area contributed by atoms with E-state index in [1.807, 2.05) is 0 Å². The van der Waals surface area contributed by atoms with Crippen molar-refractivity contribution in [3.05, 3.63) is 95.7 Å². The lowest BCUT2D eigenvalue weighted by Crippen LogP contribution is -2.23. The zero-order chi connectivity index (χ0) is 15.0. The van der Waals surface area contributed by atoms with E-state index in [0.717, 1.165) is 26.2 Å². The largest absolute Gasteiger partial charge is 0.369 e. The molecule has 2 heteroatoms. The molecule has 0 saturated heterocycles. The van der Waals surface area contributed by atoms with E-state index in [2.05, 4.69) is 89.2 Å². The predicted molar refractivity (Wildman–Crippen MR) is 92.2 cm³/mol. The van der Waals surface area contributed by atoms with Gasteiger partial charge in [-0.1, -0.05) is 66.7 Å². The maximum Gasteiger partial charge on any atom is 0.0427 e. The van der Waals surface area contributed by atoms with Gasteiger partial charge in [-0.25, -0.2) is 0 Å². The van der Waals surface area contributed by atoms with Crippen molar-refractivity contribution >= 4 is 0 Å². The summed E-state index contributed by atoms with van der Waals surface area (Å²) in [5.41, 5.74) is 4.04. The molecule has 112 valence electrons. The van der Waals surface area contributed by atoms with Gasteiger partial charge < -0.3 is 10.2 Å². The first-order valence-corrected chi connectivity index (χ1v) is 7.80. The van der Waals surface area contributed by atoms with E-state index in [4.69, 9.17) is 0 Å². The van der Waals surface area contributed by atoms with E-state index in [1.54, 1.807) is 0 Å². The van der Waals surface area contributed by atoms with E-state index in [-0.39, 0.29) is 0 Å². The maximum absolute atomic E-state index is 3.50. The molecule has 0 aromatic heterocycles. The standard InChI is InChI=1S/C20H22N2/c1-3-7-18(8-4-1)15-21-16-19-11-13-22(14-12-19)17-20-9-5-2-6-10-20/h1-13,21H,14-17H2. The number of rotatable bonds is 6. The first-order valence-electron chi connectivity index (χ1n) is 7.80. The average molecular weight is 290 g/mol. The quantitative estimate of drug-likeness (QED) is 0.872. The van der Waals surface area contributed by atoms with Gasteiger partial charge in [0, 0.05) is 32.4 Å². The summed E-state index contributed by atoms with van der Waals surface area (Å²) >= 11 is 0. The van der Waals surface area contributed by atoms with Gasteiger partial charge in [-0.3, -0.25) is 0 Å². The second kappa shape index (κ2) is 7.62. The third-order valence-corrected chi connectivity index (χ3v) is 3.82. The van der Waals surface area contributed by atoms with Crippen molar-refractivity contribution in [3.63, 3.8) is 0 Å². The second-order valence-electron chi connectivity index (χ2n) is 5.60. The Hall–Kier alpha value is -2.32. The van der Waals surface area contributed by atoms with Gasteiger partial charge in [0.15, 0.2) is 0 Å². The van der Waals surface area contributed by atoms with Crippen LogP contribution < -0.4 is 5.32 Å². The van der Waals surface area contributed by atoms with Crippen LogP contribution in [0.15, 0.2) is 84.6 Å². The van der Waals surface area contributed by atoms with Crippen molar-refractivity contribution in [3.8, 4) is 0 Å². The minimum absolute atomic E-state index is 0.916. The van der Waals surface area contributed by atoms with E-state index < -0.39 is 0 Å². The highest BCUT2D eigenvalue weighted by Gasteiger charge is 2.05. The fraction of sp³-hybridized carbons (Fsp3) is 0.200. The van der Waals surface area contributed by atoms with Gasteiger partial charge in [-0.2, -0.15) is 0 Å². The first-order chi connectivity index (χ1) is 10.9. The molecule has 0 bridgehead atoms. The lowest BCUT2D eigenvalue weighted by molar-refractivity contribution is 0.403. The molecule has 2 aromatic carbocycles. The third-order valence-electron chi connectivity index (χ3n) is 3.82. The molecule has 1 aliphatic rings. The van der Waals surface area contributed by atoms with Gasteiger partial charge in [-0.05, 0) is 22.8 Å². The molecule has 2 nitrogen and oxygen atoms in total. The second-order valence-corrected chi connectivity index (χ2v) is 5.60. The molecular formula is C20H22N2. The first kappa shape index (κ1) is 14.6. The number of nitrogens with one attached hydrogen (secondary N) is 1. The lowest BCUT2D eigenvalue weighted by Gasteiger charge is -2.23. The number of hydrogen-bond acceptors (Lipinski definition) is 2. The summed E-state index contributed by atoms with van der Waals surface area (Å²) in [6, 6.07) is 21.1. The Kier molecular flexibility index (Phi) is 5.06.